The van der Waals surface area contributed by atoms with Gasteiger partial charge in [-0.1, -0.05) is 0 Å². The van der Waals surface area contributed by atoms with E-state index in [0.717, 1.165) is 13.2 Å². The van der Waals surface area contributed by atoms with Crippen molar-refractivity contribution in [2.75, 3.05) is 13.2 Å². The summed E-state index contributed by atoms with van der Waals surface area (Å²) in [6, 6.07) is 0.699. The Bertz CT molecular complexity index is 66.1. The molecule has 7 heavy (non-hydrogen) atoms. The number of hydrogen-bond acceptors (Lipinski definition) is 2. The number of rotatable bonds is 0. The summed E-state index contributed by atoms with van der Waals surface area (Å²) in [6.45, 7) is 2.04. The first kappa shape index (κ1) is 3.87. The minimum atomic E-state index is 0.560. The van der Waals surface area contributed by atoms with E-state index in [0.29, 0.717) is 12.1 Å². The molecule has 0 spiro atoms. The Morgan fingerprint density at radius 3 is 2.71 bits per heavy atom. The predicted molar refractivity (Wildman–Crippen MR) is 26.1 cm³/mol. The zero-order valence-corrected chi connectivity index (χ0v) is 4.18. The molecule has 2 unspecified atom stereocenters. The molecule has 0 aromatic rings. The third-order valence-corrected chi connectivity index (χ3v) is 1.71. The van der Waals surface area contributed by atoms with Gasteiger partial charge < -0.3 is 10.1 Å². The number of morpholine rings is 1. The lowest BCUT2D eigenvalue weighted by Gasteiger charge is -2.09. The van der Waals surface area contributed by atoms with Crippen molar-refractivity contribution in [1.29, 1.82) is 0 Å². The van der Waals surface area contributed by atoms with Crippen LogP contribution in [0.4, 0.5) is 0 Å². The Balaban J connectivity index is 2.12. The molecule has 40 valence electrons. The molecule has 0 aromatic heterocycles. The van der Waals surface area contributed by atoms with E-state index in [1.54, 1.807) is 0 Å². The van der Waals surface area contributed by atoms with E-state index in [2.05, 4.69) is 5.32 Å². The van der Waals surface area contributed by atoms with E-state index >= 15 is 0 Å². The third-order valence-electron chi connectivity index (χ3n) is 1.71. The molecule has 2 bridgehead atoms. The molecule has 0 radical (unpaired) electrons. The summed E-state index contributed by atoms with van der Waals surface area (Å²) in [4.78, 5) is 0. The molecule has 2 heterocycles. The lowest BCUT2D eigenvalue weighted by molar-refractivity contribution is 0.0892. The Morgan fingerprint density at radius 1 is 1.57 bits per heavy atom. The second kappa shape index (κ2) is 1.20. The first-order valence-corrected chi connectivity index (χ1v) is 2.80. The molecule has 0 amide bonds. The fourth-order valence-corrected chi connectivity index (χ4v) is 1.29. The van der Waals surface area contributed by atoms with Gasteiger partial charge in [-0.2, -0.15) is 0 Å². The topological polar surface area (TPSA) is 21.3 Å². The zero-order valence-electron chi connectivity index (χ0n) is 4.18. The zero-order chi connectivity index (χ0) is 4.69. The van der Waals surface area contributed by atoms with Crippen LogP contribution in [0.5, 0.6) is 0 Å². The summed E-state index contributed by atoms with van der Waals surface area (Å²) in [7, 11) is 0. The third kappa shape index (κ3) is 0.469. The Morgan fingerprint density at radius 2 is 2.57 bits per heavy atom. The molecule has 0 aromatic carbocycles. The highest BCUT2D eigenvalue weighted by Crippen LogP contribution is 2.17. The standard InChI is InChI=1S/C5H9NO/c1-4-3-7-5(1)2-6-4/h4-6H,1-3H2. The fraction of sp³-hybridized carbons (Fsp3) is 1.00. The van der Waals surface area contributed by atoms with Crippen molar-refractivity contribution in [2.45, 2.75) is 18.6 Å². The van der Waals surface area contributed by atoms with Gasteiger partial charge in [0.2, 0.25) is 0 Å². The van der Waals surface area contributed by atoms with E-state index in [1.165, 1.54) is 6.42 Å². The SMILES string of the molecule is C1OC2CNC1C2. The lowest BCUT2D eigenvalue weighted by atomic mass is 10.3. The van der Waals surface area contributed by atoms with Gasteiger partial charge in [-0.3, -0.25) is 0 Å². The lowest BCUT2D eigenvalue weighted by Crippen LogP contribution is -2.30. The van der Waals surface area contributed by atoms with Gasteiger partial charge in [0.1, 0.15) is 0 Å². The summed E-state index contributed by atoms with van der Waals surface area (Å²) in [5.41, 5.74) is 0. The number of nitrogens with one attached hydrogen (secondary N) is 1. The maximum absolute atomic E-state index is 5.29. The minimum absolute atomic E-state index is 0.560. The summed E-state index contributed by atoms with van der Waals surface area (Å²) < 4.78 is 5.29. The second-order valence-corrected chi connectivity index (χ2v) is 2.30. The smallest absolute Gasteiger partial charge is 0.0716 e. The second-order valence-electron chi connectivity index (χ2n) is 2.30. The van der Waals surface area contributed by atoms with Crippen LogP contribution < -0.4 is 5.32 Å². The molecule has 1 N–H and O–H groups in total. The van der Waals surface area contributed by atoms with Gasteiger partial charge in [-0.15, -0.1) is 0 Å². The van der Waals surface area contributed by atoms with Crippen molar-refractivity contribution in [2.24, 2.45) is 0 Å². The molecule has 2 aliphatic heterocycles. The quantitative estimate of drug-likeness (QED) is 0.452. The molecule has 0 aliphatic carbocycles. The van der Waals surface area contributed by atoms with Gasteiger partial charge >= 0.3 is 0 Å². The van der Waals surface area contributed by atoms with Gasteiger partial charge in [0.15, 0.2) is 0 Å². The molecule has 0 saturated carbocycles. The molecule has 2 nitrogen and oxygen atoms in total. The van der Waals surface area contributed by atoms with Crippen molar-refractivity contribution in [3.05, 3.63) is 0 Å². The van der Waals surface area contributed by atoms with E-state index in [4.69, 9.17) is 4.74 Å². The van der Waals surface area contributed by atoms with Crippen LogP contribution in [-0.4, -0.2) is 25.3 Å². The number of fused-ring (bicyclic) bond motifs is 2. The molecule has 2 atom stereocenters. The summed E-state index contributed by atoms with van der Waals surface area (Å²) in [6.07, 6.45) is 1.81. The highest BCUT2D eigenvalue weighted by molar-refractivity contribution is 4.87. The first-order chi connectivity index (χ1) is 3.45. The number of ether oxygens (including phenoxy) is 1. The van der Waals surface area contributed by atoms with Crippen LogP contribution in [0, 0.1) is 0 Å². The Labute approximate surface area is 42.9 Å². The largest absolute Gasteiger partial charge is 0.375 e. The van der Waals surface area contributed by atoms with Gasteiger partial charge in [-0.05, 0) is 6.42 Å². The van der Waals surface area contributed by atoms with E-state index in [1.807, 2.05) is 0 Å². The Hall–Kier alpha value is -0.0800. The van der Waals surface area contributed by atoms with Crippen LogP contribution in [0.1, 0.15) is 6.42 Å². The van der Waals surface area contributed by atoms with Crippen LogP contribution in [-0.2, 0) is 4.74 Å². The summed E-state index contributed by atoms with van der Waals surface area (Å²) >= 11 is 0. The van der Waals surface area contributed by atoms with Crippen LogP contribution in [0.15, 0.2) is 0 Å². The van der Waals surface area contributed by atoms with Crippen LogP contribution in [0.2, 0.25) is 0 Å². The molecule has 2 rings (SSSR count). The van der Waals surface area contributed by atoms with Gasteiger partial charge in [0.25, 0.3) is 0 Å². The van der Waals surface area contributed by atoms with Crippen molar-refractivity contribution in [3.63, 3.8) is 0 Å². The highest BCUT2D eigenvalue weighted by atomic mass is 16.5. The average molecular weight is 99.1 g/mol. The van der Waals surface area contributed by atoms with Crippen molar-refractivity contribution in [3.8, 4) is 0 Å². The molecular formula is C5H9NO. The maximum atomic E-state index is 5.29. The van der Waals surface area contributed by atoms with Crippen LogP contribution >= 0.6 is 0 Å². The molecule has 2 heteroatoms. The monoisotopic (exact) mass is 99.1 g/mol. The van der Waals surface area contributed by atoms with Crippen LogP contribution in [0.25, 0.3) is 0 Å². The molecule has 2 aliphatic rings. The summed E-state index contributed by atoms with van der Waals surface area (Å²) in [5.74, 6) is 0. The van der Waals surface area contributed by atoms with E-state index in [-0.39, 0.29) is 0 Å². The van der Waals surface area contributed by atoms with Crippen molar-refractivity contribution in [1.82, 2.24) is 5.32 Å². The highest BCUT2D eigenvalue weighted by Gasteiger charge is 2.31. The average Bonchev–Trinajstić information content (AvgIpc) is 2.22. The molecule has 2 saturated heterocycles. The fourth-order valence-electron chi connectivity index (χ4n) is 1.29. The normalized spacial score (nSPS) is 48.0. The first-order valence-electron chi connectivity index (χ1n) is 2.80. The van der Waals surface area contributed by atoms with Gasteiger partial charge in [0, 0.05) is 12.6 Å². The number of hydrogen-bond donors (Lipinski definition) is 1. The summed E-state index contributed by atoms with van der Waals surface area (Å²) in [5, 5.41) is 3.33. The van der Waals surface area contributed by atoms with Crippen molar-refractivity contribution < 1.29 is 4.74 Å². The molecule has 2 fully saturated rings. The van der Waals surface area contributed by atoms with Crippen LogP contribution in [0.3, 0.4) is 0 Å². The molecular weight excluding hydrogens is 90.1 g/mol. The van der Waals surface area contributed by atoms with E-state index in [9.17, 15) is 0 Å². The minimum Gasteiger partial charge on any atom is -0.375 e. The van der Waals surface area contributed by atoms with E-state index < -0.39 is 0 Å². The Kier molecular flexibility index (Phi) is 0.664. The van der Waals surface area contributed by atoms with Crippen molar-refractivity contribution >= 4 is 0 Å². The maximum Gasteiger partial charge on any atom is 0.0716 e. The van der Waals surface area contributed by atoms with Gasteiger partial charge in [-0.25, -0.2) is 0 Å². The predicted octanol–water partition coefficient (Wildman–Crippen LogP) is -0.253. The van der Waals surface area contributed by atoms with Gasteiger partial charge in [0.05, 0.1) is 12.7 Å².